The van der Waals surface area contributed by atoms with Crippen molar-refractivity contribution in [3.05, 3.63) is 54.1 Å². The first-order chi connectivity index (χ1) is 17.1. The van der Waals surface area contributed by atoms with Crippen molar-refractivity contribution in [2.24, 2.45) is 15.4 Å². The van der Waals surface area contributed by atoms with E-state index in [1.54, 1.807) is 14.0 Å². The molecule has 9 heteroatoms. The van der Waals surface area contributed by atoms with Crippen molar-refractivity contribution < 1.29 is 19.5 Å². The van der Waals surface area contributed by atoms with Crippen LogP contribution in [0.2, 0.25) is 0 Å². The lowest BCUT2D eigenvalue weighted by Crippen LogP contribution is -2.27. The van der Waals surface area contributed by atoms with Crippen LogP contribution < -0.4 is 4.74 Å². The van der Waals surface area contributed by atoms with Gasteiger partial charge in [0.1, 0.15) is 5.75 Å². The van der Waals surface area contributed by atoms with Gasteiger partial charge in [-0.25, -0.2) is 0 Å². The van der Waals surface area contributed by atoms with Crippen molar-refractivity contribution >= 4 is 28.2 Å². The predicted octanol–water partition coefficient (Wildman–Crippen LogP) is 5.24. The second-order valence-electron chi connectivity index (χ2n) is 8.56. The monoisotopic (exact) mass is 477 g/mol. The molecule has 2 aromatic carbocycles. The summed E-state index contributed by atoms with van der Waals surface area (Å²) >= 11 is 0. The van der Waals surface area contributed by atoms with Gasteiger partial charge in [-0.15, -0.1) is 10.2 Å². The number of ether oxygens (including phenoxy) is 1. The van der Waals surface area contributed by atoms with Gasteiger partial charge < -0.3 is 14.7 Å². The summed E-state index contributed by atoms with van der Waals surface area (Å²) in [4.78, 5) is 19.8. The Labute approximate surface area is 204 Å². The molecule has 0 radical (unpaired) electrons. The Bertz CT molecular complexity index is 1210. The Kier molecular flexibility index (Phi) is 8.10. The molecule has 1 N–H and O–H groups in total. The maximum Gasteiger partial charge on any atom is 0.304 e. The summed E-state index contributed by atoms with van der Waals surface area (Å²) in [6.07, 6.45) is 4.79. The molecule has 0 bridgehead atoms. The lowest BCUT2D eigenvalue weighted by Gasteiger charge is -2.21. The number of likely N-dealkylation sites (tertiary alicyclic amines) is 1. The smallest absolute Gasteiger partial charge is 0.304 e. The molecule has 4 rings (SSSR count). The largest absolute Gasteiger partial charge is 0.497 e. The molecule has 1 aliphatic rings. The Morgan fingerprint density at radius 1 is 1.03 bits per heavy atom. The summed E-state index contributed by atoms with van der Waals surface area (Å²) in [5.74, 6) is 0.149. The molecule has 1 aromatic heterocycles. The average molecular weight is 478 g/mol. The molecule has 1 saturated heterocycles. The van der Waals surface area contributed by atoms with Crippen LogP contribution in [0, 0.1) is 0 Å². The van der Waals surface area contributed by atoms with Gasteiger partial charge in [0.05, 0.1) is 25.0 Å². The van der Waals surface area contributed by atoms with E-state index in [0.29, 0.717) is 12.4 Å². The quantitative estimate of drug-likeness (QED) is 0.272. The third kappa shape index (κ3) is 6.05. The second-order valence-corrected chi connectivity index (χ2v) is 8.56. The second kappa shape index (κ2) is 11.6. The van der Waals surface area contributed by atoms with Crippen LogP contribution in [-0.2, 0) is 16.3 Å². The number of amides is 1. The number of aromatic nitrogens is 1. The van der Waals surface area contributed by atoms with Crippen LogP contribution in [0.1, 0.15) is 38.2 Å². The highest BCUT2D eigenvalue weighted by Crippen LogP contribution is 2.39. The highest BCUT2D eigenvalue weighted by molar-refractivity contribution is 5.98. The molecule has 1 fully saturated rings. The van der Waals surface area contributed by atoms with Gasteiger partial charge in [-0.1, -0.05) is 36.2 Å². The zero-order valence-corrected chi connectivity index (χ0v) is 20.2. The van der Waals surface area contributed by atoms with Crippen molar-refractivity contribution in [2.45, 2.75) is 39.3 Å². The van der Waals surface area contributed by atoms with Crippen LogP contribution in [-0.4, -0.2) is 53.0 Å². The number of benzene rings is 2. The number of azo groups is 1. The predicted molar refractivity (Wildman–Crippen MR) is 134 cm³/mol. The number of carbonyl (C=O) groups is 1. The molecule has 0 aliphatic carbocycles. The van der Waals surface area contributed by atoms with Crippen molar-refractivity contribution in [3.8, 4) is 11.6 Å². The number of hydrogen-bond donors (Lipinski definition) is 1. The van der Waals surface area contributed by atoms with Gasteiger partial charge in [0.2, 0.25) is 5.88 Å². The van der Waals surface area contributed by atoms with Gasteiger partial charge in [0.15, 0.2) is 12.3 Å². The zero-order valence-electron chi connectivity index (χ0n) is 20.2. The molecule has 1 amide bonds. The lowest BCUT2D eigenvalue weighted by molar-refractivity contribution is -0.122. The number of methoxy groups -OCH3 is 1. The van der Waals surface area contributed by atoms with E-state index in [0.717, 1.165) is 48.1 Å². The molecular formula is C26H31N5O4. The Hall–Kier alpha value is -3.72. The number of fused-ring (bicyclic) bond motifs is 1. The first-order valence-corrected chi connectivity index (χ1v) is 11.8. The van der Waals surface area contributed by atoms with Crippen molar-refractivity contribution in [1.82, 2.24) is 9.47 Å². The standard InChI is InChI=1S/C26H31N5O4/c1-19(20-11-13-21(34-2)14-12-20)29-35-17-24(32)27-28-25-22-9-5-6-10-23(22)31(26(25)33)18-30-15-7-3-4-8-16-30/h5-6,9-14,33H,3-4,7-8,15-18H2,1-2H3/b28-27?,29-19+. The summed E-state index contributed by atoms with van der Waals surface area (Å²) in [6.45, 7) is 3.98. The fraction of sp³-hybridized carbons (Fsp3) is 0.385. The molecule has 184 valence electrons. The normalized spacial score (nSPS) is 15.4. The van der Waals surface area contributed by atoms with Crippen LogP contribution in [0.5, 0.6) is 11.6 Å². The Morgan fingerprint density at radius 2 is 1.74 bits per heavy atom. The number of hydrogen-bond acceptors (Lipinski definition) is 7. The minimum absolute atomic E-state index is 0.00119. The fourth-order valence-corrected chi connectivity index (χ4v) is 4.19. The molecule has 0 atom stereocenters. The van der Waals surface area contributed by atoms with Crippen LogP contribution in [0.4, 0.5) is 5.69 Å². The summed E-state index contributed by atoms with van der Waals surface area (Å²) in [5.41, 5.74) is 2.60. The van der Waals surface area contributed by atoms with Gasteiger partial charge in [-0.3, -0.25) is 14.3 Å². The maximum absolute atomic E-state index is 12.3. The molecule has 0 unspecified atom stereocenters. The van der Waals surface area contributed by atoms with Gasteiger partial charge in [-0.05, 0) is 68.8 Å². The topological polar surface area (TPSA) is 101 Å². The minimum Gasteiger partial charge on any atom is -0.497 e. The number of carbonyl (C=O) groups excluding carboxylic acids is 1. The maximum atomic E-state index is 12.3. The number of nitrogens with zero attached hydrogens (tertiary/aromatic N) is 5. The zero-order chi connectivity index (χ0) is 24.6. The van der Waals surface area contributed by atoms with E-state index in [1.165, 1.54) is 12.8 Å². The average Bonchev–Trinajstić information content (AvgIpc) is 3.02. The molecular weight excluding hydrogens is 446 g/mol. The molecule has 0 saturated carbocycles. The molecule has 9 nitrogen and oxygen atoms in total. The third-order valence-electron chi connectivity index (χ3n) is 6.12. The van der Waals surface area contributed by atoms with Gasteiger partial charge in [-0.2, -0.15) is 0 Å². The van der Waals surface area contributed by atoms with E-state index in [9.17, 15) is 9.90 Å². The Morgan fingerprint density at radius 3 is 2.46 bits per heavy atom. The van der Waals surface area contributed by atoms with E-state index in [4.69, 9.17) is 9.57 Å². The number of rotatable bonds is 8. The summed E-state index contributed by atoms with van der Waals surface area (Å²) in [6, 6.07) is 15.0. The summed E-state index contributed by atoms with van der Waals surface area (Å²) in [7, 11) is 1.60. The minimum atomic E-state index is -0.597. The van der Waals surface area contributed by atoms with Gasteiger partial charge in [0, 0.05) is 5.39 Å². The number of para-hydroxylation sites is 1. The number of oxime groups is 1. The molecule has 2 heterocycles. The first-order valence-electron chi connectivity index (χ1n) is 11.8. The third-order valence-corrected chi connectivity index (χ3v) is 6.12. The van der Waals surface area contributed by atoms with E-state index in [1.807, 2.05) is 53.1 Å². The molecule has 3 aromatic rings. The van der Waals surface area contributed by atoms with Crippen LogP contribution in [0.15, 0.2) is 63.9 Å². The molecule has 1 aliphatic heterocycles. The number of aromatic hydroxyl groups is 1. The lowest BCUT2D eigenvalue weighted by atomic mass is 10.1. The van der Waals surface area contributed by atoms with Crippen LogP contribution >= 0.6 is 0 Å². The Balaban J connectivity index is 1.43. The van der Waals surface area contributed by atoms with E-state index in [2.05, 4.69) is 20.3 Å². The summed E-state index contributed by atoms with van der Waals surface area (Å²) in [5, 5.41) is 23.5. The van der Waals surface area contributed by atoms with Crippen molar-refractivity contribution in [1.29, 1.82) is 0 Å². The van der Waals surface area contributed by atoms with E-state index < -0.39 is 5.91 Å². The van der Waals surface area contributed by atoms with Gasteiger partial charge >= 0.3 is 5.91 Å². The van der Waals surface area contributed by atoms with Crippen LogP contribution in [0.3, 0.4) is 0 Å². The highest BCUT2D eigenvalue weighted by atomic mass is 16.6. The first kappa shape index (κ1) is 24.4. The van der Waals surface area contributed by atoms with Gasteiger partial charge in [0.25, 0.3) is 0 Å². The fourth-order valence-electron chi connectivity index (χ4n) is 4.19. The van der Waals surface area contributed by atoms with Crippen LogP contribution in [0.25, 0.3) is 10.9 Å². The highest BCUT2D eigenvalue weighted by Gasteiger charge is 2.19. The molecule has 35 heavy (non-hydrogen) atoms. The molecule has 0 spiro atoms. The SMILES string of the molecule is COc1ccc(/C(C)=N/OCC(=O)N=Nc2c(O)n(CN3CCCCCC3)c3ccccc23)cc1. The van der Waals surface area contributed by atoms with Crippen molar-refractivity contribution in [3.63, 3.8) is 0 Å². The summed E-state index contributed by atoms with van der Waals surface area (Å²) < 4.78 is 6.98. The van der Waals surface area contributed by atoms with E-state index >= 15 is 0 Å². The van der Waals surface area contributed by atoms with E-state index in [-0.39, 0.29) is 18.2 Å². The van der Waals surface area contributed by atoms with Crippen molar-refractivity contribution in [2.75, 3.05) is 26.8 Å².